The molecule has 0 unspecified atom stereocenters. The Balaban J connectivity index is 2.34. The van der Waals surface area contributed by atoms with E-state index < -0.39 is 11.9 Å². The molecule has 0 radical (unpaired) electrons. The van der Waals surface area contributed by atoms with Gasteiger partial charge in [-0.1, -0.05) is 39.1 Å². The SMILES string of the molecule is O=C(Oc1ccc(Br)cc1C(=O)O)c1ccc(Cl)cc1Cl. The molecule has 7 heteroatoms. The summed E-state index contributed by atoms with van der Waals surface area (Å²) in [6, 6.07) is 8.59. The summed E-state index contributed by atoms with van der Waals surface area (Å²) in [4.78, 5) is 23.2. The van der Waals surface area contributed by atoms with Crippen LogP contribution in [0.4, 0.5) is 0 Å². The average Bonchev–Trinajstić information content (AvgIpc) is 2.40. The van der Waals surface area contributed by atoms with Gasteiger partial charge in [-0.15, -0.1) is 0 Å². The van der Waals surface area contributed by atoms with Gasteiger partial charge < -0.3 is 9.84 Å². The van der Waals surface area contributed by atoms with Crippen LogP contribution in [-0.4, -0.2) is 17.0 Å². The lowest BCUT2D eigenvalue weighted by Gasteiger charge is -2.09. The van der Waals surface area contributed by atoms with Crippen LogP contribution in [-0.2, 0) is 0 Å². The molecule has 0 fully saturated rings. The molecule has 0 aliphatic heterocycles. The summed E-state index contributed by atoms with van der Waals surface area (Å²) in [5.74, 6) is -2.04. The van der Waals surface area contributed by atoms with Crippen LogP contribution in [0.2, 0.25) is 10.0 Å². The van der Waals surface area contributed by atoms with E-state index in [9.17, 15) is 9.59 Å². The molecule has 0 aliphatic carbocycles. The van der Waals surface area contributed by atoms with Crippen molar-refractivity contribution in [3.05, 3.63) is 62.0 Å². The number of benzene rings is 2. The van der Waals surface area contributed by atoms with Crippen LogP contribution in [0.25, 0.3) is 0 Å². The predicted octanol–water partition coefficient (Wildman–Crippen LogP) is 4.67. The second kappa shape index (κ2) is 6.47. The molecular formula is C14H7BrCl2O4. The number of aromatic carboxylic acids is 1. The number of carboxylic acid groups (broad SMARTS) is 1. The van der Waals surface area contributed by atoms with Crippen molar-refractivity contribution in [3.8, 4) is 5.75 Å². The molecule has 108 valence electrons. The molecule has 1 N–H and O–H groups in total. The number of ether oxygens (including phenoxy) is 1. The van der Waals surface area contributed by atoms with Gasteiger partial charge >= 0.3 is 11.9 Å². The number of hydrogen-bond donors (Lipinski definition) is 1. The van der Waals surface area contributed by atoms with Crippen molar-refractivity contribution in [2.24, 2.45) is 0 Å². The molecule has 0 spiro atoms. The van der Waals surface area contributed by atoms with Crippen molar-refractivity contribution in [1.29, 1.82) is 0 Å². The van der Waals surface area contributed by atoms with Gasteiger partial charge in [0.15, 0.2) is 0 Å². The first-order chi connectivity index (χ1) is 9.88. The van der Waals surface area contributed by atoms with Gasteiger partial charge in [0.05, 0.1) is 10.6 Å². The Hall–Kier alpha value is -1.56. The van der Waals surface area contributed by atoms with Crippen molar-refractivity contribution in [2.45, 2.75) is 0 Å². The fourth-order valence-corrected chi connectivity index (χ4v) is 2.41. The molecule has 0 bridgehead atoms. The van der Waals surface area contributed by atoms with E-state index in [4.69, 9.17) is 33.0 Å². The third-order valence-electron chi connectivity index (χ3n) is 2.53. The topological polar surface area (TPSA) is 63.6 Å². The van der Waals surface area contributed by atoms with Gasteiger partial charge in [0.25, 0.3) is 0 Å². The van der Waals surface area contributed by atoms with E-state index in [-0.39, 0.29) is 21.9 Å². The molecule has 0 aliphatic rings. The average molecular weight is 390 g/mol. The normalized spacial score (nSPS) is 10.2. The van der Waals surface area contributed by atoms with Crippen LogP contribution in [0.1, 0.15) is 20.7 Å². The summed E-state index contributed by atoms with van der Waals surface area (Å²) in [5.41, 5.74) is -0.0388. The van der Waals surface area contributed by atoms with Crippen molar-refractivity contribution < 1.29 is 19.4 Å². The zero-order valence-corrected chi connectivity index (χ0v) is 13.4. The maximum atomic E-state index is 12.1. The first-order valence-electron chi connectivity index (χ1n) is 5.58. The van der Waals surface area contributed by atoms with E-state index in [1.165, 1.54) is 30.3 Å². The minimum absolute atomic E-state index is 0.0679. The molecule has 2 aromatic carbocycles. The Morgan fingerprint density at radius 2 is 1.76 bits per heavy atom. The van der Waals surface area contributed by atoms with Gasteiger partial charge in [-0.2, -0.15) is 0 Å². The molecule has 0 heterocycles. The summed E-state index contributed by atoms with van der Waals surface area (Å²) in [6.45, 7) is 0. The number of carboxylic acids is 1. The molecule has 2 rings (SSSR count). The summed E-state index contributed by atoms with van der Waals surface area (Å²) in [7, 11) is 0. The number of esters is 1. The largest absolute Gasteiger partial charge is 0.478 e. The lowest BCUT2D eigenvalue weighted by molar-refractivity contribution is 0.0681. The highest BCUT2D eigenvalue weighted by atomic mass is 79.9. The van der Waals surface area contributed by atoms with E-state index in [1.54, 1.807) is 6.07 Å². The molecule has 0 atom stereocenters. The Bertz CT molecular complexity index is 731. The molecule has 0 saturated heterocycles. The highest BCUT2D eigenvalue weighted by Crippen LogP contribution is 2.26. The summed E-state index contributed by atoms with van der Waals surface area (Å²) < 4.78 is 5.66. The van der Waals surface area contributed by atoms with Gasteiger partial charge in [-0.25, -0.2) is 9.59 Å². The standard InChI is InChI=1S/C14H7BrCl2O4/c15-7-1-4-12(10(5-7)13(18)19)21-14(20)9-3-2-8(16)6-11(9)17/h1-6H,(H,18,19). The highest BCUT2D eigenvalue weighted by Gasteiger charge is 2.18. The number of halogens is 3. The number of rotatable bonds is 3. The van der Waals surface area contributed by atoms with Crippen LogP contribution >= 0.6 is 39.1 Å². The van der Waals surface area contributed by atoms with Crippen molar-refractivity contribution in [1.82, 2.24) is 0 Å². The molecule has 0 aromatic heterocycles. The quantitative estimate of drug-likeness (QED) is 0.611. The Labute approximate surface area is 138 Å². The van der Waals surface area contributed by atoms with Gasteiger partial charge in [-0.3, -0.25) is 0 Å². The Morgan fingerprint density at radius 3 is 2.38 bits per heavy atom. The van der Waals surface area contributed by atoms with E-state index in [0.29, 0.717) is 9.50 Å². The van der Waals surface area contributed by atoms with Crippen LogP contribution in [0.5, 0.6) is 5.75 Å². The number of hydrogen-bond acceptors (Lipinski definition) is 3. The fourth-order valence-electron chi connectivity index (χ4n) is 1.57. The minimum Gasteiger partial charge on any atom is -0.478 e. The lowest BCUT2D eigenvalue weighted by atomic mass is 10.2. The zero-order valence-electron chi connectivity index (χ0n) is 10.3. The van der Waals surface area contributed by atoms with Gasteiger partial charge in [-0.05, 0) is 36.4 Å². The van der Waals surface area contributed by atoms with E-state index in [2.05, 4.69) is 15.9 Å². The summed E-state index contributed by atoms with van der Waals surface area (Å²) in [6.07, 6.45) is 0. The fraction of sp³-hybridized carbons (Fsp3) is 0. The predicted molar refractivity (Wildman–Crippen MR) is 82.5 cm³/mol. The van der Waals surface area contributed by atoms with Crippen LogP contribution in [0.3, 0.4) is 0 Å². The van der Waals surface area contributed by atoms with E-state index in [1.807, 2.05) is 0 Å². The zero-order chi connectivity index (χ0) is 15.6. The molecule has 2 aromatic rings. The Kier molecular flexibility index (Phi) is 4.88. The second-order valence-electron chi connectivity index (χ2n) is 3.96. The van der Waals surface area contributed by atoms with Gasteiger partial charge in [0, 0.05) is 9.50 Å². The van der Waals surface area contributed by atoms with Crippen LogP contribution in [0, 0.1) is 0 Å². The Morgan fingerprint density at radius 1 is 1.05 bits per heavy atom. The van der Waals surface area contributed by atoms with Crippen molar-refractivity contribution >= 4 is 51.1 Å². The molecule has 21 heavy (non-hydrogen) atoms. The van der Waals surface area contributed by atoms with Gasteiger partial charge in [0.1, 0.15) is 11.3 Å². The summed E-state index contributed by atoms with van der Waals surface area (Å²) in [5, 5.41) is 9.62. The molecule has 0 amide bonds. The van der Waals surface area contributed by atoms with Gasteiger partial charge in [0.2, 0.25) is 0 Å². The van der Waals surface area contributed by atoms with Crippen molar-refractivity contribution in [2.75, 3.05) is 0 Å². The van der Waals surface area contributed by atoms with E-state index >= 15 is 0 Å². The van der Waals surface area contributed by atoms with E-state index in [0.717, 1.165) is 0 Å². The maximum Gasteiger partial charge on any atom is 0.345 e. The maximum absolute atomic E-state index is 12.1. The minimum atomic E-state index is -1.21. The number of carbonyl (C=O) groups is 2. The monoisotopic (exact) mass is 388 g/mol. The summed E-state index contributed by atoms with van der Waals surface area (Å²) >= 11 is 14.8. The smallest absolute Gasteiger partial charge is 0.345 e. The number of carbonyl (C=O) groups excluding carboxylic acids is 1. The lowest BCUT2D eigenvalue weighted by Crippen LogP contribution is -2.12. The first kappa shape index (κ1) is 15.8. The molecule has 4 nitrogen and oxygen atoms in total. The first-order valence-corrected chi connectivity index (χ1v) is 7.13. The van der Waals surface area contributed by atoms with Crippen LogP contribution < -0.4 is 4.74 Å². The molecular weight excluding hydrogens is 383 g/mol. The molecule has 0 saturated carbocycles. The third kappa shape index (κ3) is 3.75. The van der Waals surface area contributed by atoms with Crippen LogP contribution in [0.15, 0.2) is 40.9 Å². The second-order valence-corrected chi connectivity index (χ2v) is 5.72. The highest BCUT2D eigenvalue weighted by molar-refractivity contribution is 9.10. The third-order valence-corrected chi connectivity index (χ3v) is 3.57. The van der Waals surface area contributed by atoms with Crippen molar-refractivity contribution in [3.63, 3.8) is 0 Å².